The van der Waals surface area contributed by atoms with Crippen molar-refractivity contribution in [2.75, 3.05) is 6.61 Å². The van der Waals surface area contributed by atoms with Gasteiger partial charge in [-0.05, 0) is 95.6 Å². The molecule has 7 atom stereocenters. The highest BCUT2D eigenvalue weighted by Gasteiger charge is 2.47. The molecule has 0 radical (unpaired) electrons. The number of carbonyl (C=O) groups excluding carboxylic acids is 2. The molecule has 0 spiro atoms. The average Bonchev–Trinajstić information content (AvgIpc) is 2.88. The lowest BCUT2D eigenvalue weighted by molar-refractivity contribution is -0.132. The summed E-state index contributed by atoms with van der Waals surface area (Å²) in [6, 6.07) is 0.185. The summed E-state index contributed by atoms with van der Waals surface area (Å²) >= 11 is 0. The highest BCUT2D eigenvalue weighted by molar-refractivity contribution is 7.19. The first kappa shape index (κ1) is 45.8. The zero-order chi connectivity index (χ0) is 36.3. The van der Waals surface area contributed by atoms with Crippen LogP contribution in [0.1, 0.15) is 187 Å². The van der Waals surface area contributed by atoms with Gasteiger partial charge in [-0.2, -0.15) is 0 Å². The van der Waals surface area contributed by atoms with E-state index in [0.29, 0.717) is 19.4 Å². The van der Waals surface area contributed by atoms with Crippen molar-refractivity contribution in [2.45, 2.75) is 215 Å². The summed E-state index contributed by atoms with van der Waals surface area (Å²) in [7, 11) is 6.18. The minimum atomic E-state index is -0.520. The van der Waals surface area contributed by atoms with Gasteiger partial charge in [-0.1, -0.05) is 101 Å². The minimum absolute atomic E-state index is 0.0320. The van der Waals surface area contributed by atoms with Crippen LogP contribution in [0.25, 0.3) is 0 Å². The van der Waals surface area contributed by atoms with Crippen LogP contribution in [0.3, 0.4) is 0 Å². The standard InChI is InChI=1S/C39H80N2O3P2/c1-16-20-22-30(5)40-32(43)33(6,7)28-39(15,46)35(10,11)44-26-25-38(14,45)37(13,19-4)29-34(8,9)41-31(42)27-36(12,23-18-3)24-21-17-2/h30H,16-29,45-46H2,1-15H3,(H,40,43)(H,41,42)/t30?,36-,37?,38?,39?/m1/s1. The van der Waals surface area contributed by atoms with Crippen molar-refractivity contribution < 1.29 is 14.3 Å². The molecule has 0 aromatic rings. The predicted molar refractivity (Wildman–Crippen MR) is 209 cm³/mol. The number of nitrogens with one attached hydrogen (secondary N) is 2. The quantitative estimate of drug-likeness (QED) is 0.0993. The second-order valence-electron chi connectivity index (χ2n) is 17.9. The molecule has 274 valence electrons. The van der Waals surface area contributed by atoms with Crippen molar-refractivity contribution in [1.29, 1.82) is 0 Å². The van der Waals surface area contributed by atoms with Crippen molar-refractivity contribution in [3.63, 3.8) is 0 Å². The lowest BCUT2D eigenvalue weighted by Gasteiger charge is -2.49. The van der Waals surface area contributed by atoms with Gasteiger partial charge < -0.3 is 15.4 Å². The summed E-state index contributed by atoms with van der Waals surface area (Å²) in [5.41, 5.74) is -1.27. The minimum Gasteiger partial charge on any atom is -0.375 e. The third-order valence-corrected chi connectivity index (χ3v) is 13.2. The molecular formula is C39H80N2O3P2. The van der Waals surface area contributed by atoms with Crippen LogP contribution in [-0.4, -0.2) is 45.9 Å². The zero-order valence-corrected chi connectivity index (χ0v) is 35.7. The van der Waals surface area contributed by atoms with E-state index in [1.807, 2.05) is 0 Å². The highest BCUT2D eigenvalue weighted by Crippen LogP contribution is 2.50. The van der Waals surface area contributed by atoms with E-state index in [0.717, 1.165) is 57.8 Å². The molecule has 0 saturated heterocycles. The molecule has 6 unspecified atom stereocenters. The Morgan fingerprint density at radius 3 is 1.80 bits per heavy atom. The fourth-order valence-corrected chi connectivity index (χ4v) is 8.28. The Morgan fingerprint density at radius 1 is 0.739 bits per heavy atom. The molecule has 7 heteroatoms. The van der Waals surface area contributed by atoms with Gasteiger partial charge in [0, 0.05) is 35.2 Å². The molecule has 0 rings (SSSR count). The number of hydrogen-bond acceptors (Lipinski definition) is 3. The molecule has 0 aromatic carbocycles. The van der Waals surface area contributed by atoms with Crippen molar-refractivity contribution >= 4 is 30.3 Å². The largest absolute Gasteiger partial charge is 0.375 e. The van der Waals surface area contributed by atoms with Crippen molar-refractivity contribution in [3.05, 3.63) is 0 Å². The van der Waals surface area contributed by atoms with Crippen LogP contribution < -0.4 is 10.6 Å². The predicted octanol–water partition coefficient (Wildman–Crippen LogP) is 10.6. The van der Waals surface area contributed by atoms with Gasteiger partial charge in [0.25, 0.3) is 0 Å². The van der Waals surface area contributed by atoms with Crippen LogP contribution in [0.4, 0.5) is 0 Å². The van der Waals surface area contributed by atoms with E-state index < -0.39 is 11.0 Å². The summed E-state index contributed by atoms with van der Waals surface area (Å²) in [4.78, 5) is 26.6. The Hall–Kier alpha value is -0.240. The van der Waals surface area contributed by atoms with E-state index in [2.05, 4.69) is 133 Å². The molecule has 0 saturated carbocycles. The Balaban J connectivity index is 5.49. The van der Waals surface area contributed by atoms with Crippen molar-refractivity contribution in [2.24, 2.45) is 16.2 Å². The third kappa shape index (κ3) is 14.7. The summed E-state index contributed by atoms with van der Waals surface area (Å²) in [6.07, 6.45) is 13.0. The molecule has 0 aromatic heterocycles. The molecule has 0 aliphatic carbocycles. The smallest absolute Gasteiger partial charge is 0.225 e. The topological polar surface area (TPSA) is 67.4 Å². The van der Waals surface area contributed by atoms with E-state index in [4.69, 9.17) is 4.74 Å². The van der Waals surface area contributed by atoms with Gasteiger partial charge in [-0.15, -0.1) is 18.5 Å². The lowest BCUT2D eigenvalue weighted by atomic mass is 9.67. The molecule has 0 fully saturated rings. The van der Waals surface area contributed by atoms with Crippen LogP contribution in [0.15, 0.2) is 0 Å². The van der Waals surface area contributed by atoms with E-state index in [-0.39, 0.29) is 44.5 Å². The molecular weight excluding hydrogens is 606 g/mol. The maximum atomic E-state index is 13.4. The van der Waals surface area contributed by atoms with E-state index >= 15 is 0 Å². The Labute approximate surface area is 292 Å². The number of carbonyl (C=O) groups is 2. The first-order valence-corrected chi connectivity index (χ1v) is 19.8. The molecule has 5 nitrogen and oxygen atoms in total. The van der Waals surface area contributed by atoms with Gasteiger partial charge in [0.15, 0.2) is 0 Å². The van der Waals surface area contributed by atoms with Crippen LogP contribution in [-0.2, 0) is 14.3 Å². The second-order valence-corrected chi connectivity index (χ2v) is 20.4. The average molecular weight is 687 g/mol. The maximum Gasteiger partial charge on any atom is 0.225 e. The SMILES string of the molecule is CCCCC(C)NC(=O)C(C)(C)CC(C)(P)C(C)(C)OCCC(C)(P)C(C)(CC)CC(C)(C)NC(=O)C[C@](C)(CCC)CCCC. The van der Waals surface area contributed by atoms with Crippen molar-refractivity contribution in [3.8, 4) is 0 Å². The normalized spacial score (nSPS) is 18.9. The second kappa shape index (κ2) is 18.7. The fraction of sp³-hybridized carbons (Fsp3) is 0.949. The summed E-state index contributed by atoms with van der Waals surface area (Å²) < 4.78 is 6.70. The summed E-state index contributed by atoms with van der Waals surface area (Å²) in [6.45, 7) is 33.6. The fourth-order valence-electron chi connectivity index (χ4n) is 7.27. The van der Waals surface area contributed by atoms with Gasteiger partial charge in [-0.25, -0.2) is 0 Å². The van der Waals surface area contributed by atoms with E-state index in [1.54, 1.807) is 0 Å². The number of amides is 2. The number of rotatable bonds is 24. The molecule has 46 heavy (non-hydrogen) atoms. The van der Waals surface area contributed by atoms with Crippen LogP contribution in [0, 0.1) is 16.2 Å². The number of unbranched alkanes of at least 4 members (excludes halogenated alkanes) is 2. The third-order valence-electron chi connectivity index (χ3n) is 11.3. The highest BCUT2D eigenvalue weighted by atomic mass is 31.0. The number of ether oxygens (including phenoxy) is 1. The van der Waals surface area contributed by atoms with E-state index in [9.17, 15) is 9.59 Å². The van der Waals surface area contributed by atoms with Gasteiger partial charge in [-0.3, -0.25) is 9.59 Å². The molecule has 0 heterocycles. The van der Waals surface area contributed by atoms with Crippen LogP contribution >= 0.6 is 18.5 Å². The first-order valence-electron chi connectivity index (χ1n) is 18.6. The van der Waals surface area contributed by atoms with Crippen molar-refractivity contribution in [1.82, 2.24) is 10.6 Å². The Kier molecular flexibility index (Phi) is 18.6. The molecule has 0 aliphatic rings. The van der Waals surface area contributed by atoms with Gasteiger partial charge >= 0.3 is 0 Å². The first-order chi connectivity index (χ1) is 20.8. The molecule has 2 amide bonds. The summed E-state index contributed by atoms with van der Waals surface area (Å²) in [5, 5.41) is 6.30. The van der Waals surface area contributed by atoms with E-state index in [1.165, 1.54) is 12.8 Å². The summed E-state index contributed by atoms with van der Waals surface area (Å²) in [5.74, 6) is 0.292. The maximum absolute atomic E-state index is 13.4. The lowest BCUT2D eigenvalue weighted by Crippen LogP contribution is -2.53. The zero-order valence-electron chi connectivity index (χ0n) is 33.4. The molecule has 0 aliphatic heterocycles. The molecule has 0 bridgehead atoms. The van der Waals surface area contributed by atoms with Gasteiger partial charge in [0.05, 0.1) is 5.60 Å². The number of hydrogen-bond donors (Lipinski definition) is 2. The molecule has 2 N–H and O–H groups in total. The van der Waals surface area contributed by atoms with Crippen LogP contribution in [0.2, 0.25) is 0 Å². The van der Waals surface area contributed by atoms with Gasteiger partial charge in [0.2, 0.25) is 11.8 Å². The van der Waals surface area contributed by atoms with Gasteiger partial charge in [0.1, 0.15) is 0 Å². The monoisotopic (exact) mass is 687 g/mol. The Morgan fingerprint density at radius 2 is 1.30 bits per heavy atom. The Bertz CT molecular complexity index is 930. The van der Waals surface area contributed by atoms with Crippen LogP contribution in [0.5, 0.6) is 0 Å².